The lowest BCUT2D eigenvalue weighted by Crippen LogP contribution is -2.07. The number of azo groups is 1. The van der Waals surface area contributed by atoms with Gasteiger partial charge in [0.25, 0.3) is 0 Å². The molecule has 0 atom stereocenters. The third-order valence-corrected chi connectivity index (χ3v) is 8.54. The fraction of sp³-hybridized carbons (Fsp3) is 0.125. The number of fused-ring (bicyclic) bond motifs is 4. The van der Waals surface area contributed by atoms with Crippen molar-refractivity contribution in [1.29, 1.82) is 0 Å². The number of anilines is 3. The summed E-state index contributed by atoms with van der Waals surface area (Å²) in [4.78, 5) is 12.8. The van der Waals surface area contributed by atoms with Gasteiger partial charge in [0, 0.05) is 50.3 Å². The molecule has 0 spiro atoms. The Bertz CT molecular complexity index is 2100. The largest absolute Gasteiger partial charge is 0.378 e. The Balaban J connectivity index is 0.000000136. The van der Waals surface area contributed by atoms with Gasteiger partial charge in [-0.25, -0.2) is 9.97 Å². The summed E-state index contributed by atoms with van der Waals surface area (Å²) in [6, 6.07) is 26.2. The number of nitrogens with one attached hydrogen (secondary N) is 2. The average Bonchev–Trinajstić information content (AvgIpc) is 3.84. The SMILES string of the molecule is CN(C)c1ccc(N=Nc2nc3cc4[nH]ncc4cc3s2)cc1.CN(C)c1ccccc1.Nc1nc2cc3[nH]ncc3cc2s1. The normalized spacial score (nSPS) is 11.1. The zero-order chi connectivity index (χ0) is 31.3. The van der Waals surface area contributed by atoms with Crippen molar-refractivity contribution >= 4 is 92.2 Å². The lowest BCUT2D eigenvalue weighted by atomic mass is 10.2. The maximum Gasteiger partial charge on any atom is 0.231 e. The third-order valence-electron chi connectivity index (χ3n) is 6.79. The van der Waals surface area contributed by atoms with Crippen molar-refractivity contribution in [2.75, 3.05) is 43.7 Å². The van der Waals surface area contributed by atoms with Crippen LogP contribution < -0.4 is 15.5 Å². The summed E-state index contributed by atoms with van der Waals surface area (Å²) >= 11 is 3.02. The average molecular weight is 634 g/mol. The van der Waals surface area contributed by atoms with Crippen molar-refractivity contribution in [2.45, 2.75) is 0 Å². The van der Waals surface area contributed by atoms with E-state index in [9.17, 15) is 0 Å². The minimum Gasteiger partial charge on any atom is -0.378 e. The van der Waals surface area contributed by atoms with Gasteiger partial charge in [-0.1, -0.05) is 40.9 Å². The highest BCUT2D eigenvalue weighted by atomic mass is 32.1. The predicted octanol–water partition coefficient (Wildman–Crippen LogP) is 8.16. The number of hydrogen-bond acceptors (Lipinski definition) is 11. The Kier molecular flexibility index (Phi) is 8.62. The minimum absolute atomic E-state index is 0.607. The second kappa shape index (κ2) is 13.1. The number of nitrogen functional groups attached to an aromatic ring is 1. The van der Waals surface area contributed by atoms with Gasteiger partial charge in [-0.2, -0.15) is 10.2 Å². The van der Waals surface area contributed by atoms with Gasteiger partial charge in [0.15, 0.2) is 5.13 Å². The number of H-pyrrole nitrogens is 2. The molecule has 8 rings (SSSR count). The third kappa shape index (κ3) is 7.06. The molecule has 0 aliphatic heterocycles. The highest BCUT2D eigenvalue weighted by Crippen LogP contribution is 2.32. The smallest absolute Gasteiger partial charge is 0.231 e. The van der Waals surface area contributed by atoms with Crippen molar-refractivity contribution in [3.8, 4) is 0 Å². The molecule has 4 N–H and O–H groups in total. The van der Waals surface area contributed by atoms with E-state index in [1.165, 1.54) is 28.4 Å². The summed E-state index contributed by atoms with van der Waals surface area (Å²) in [6.45, 7) is 0. The number of rotatable bonds is 4. The van der Waals surface area contributed by atoms with E-state index in [4.69, 9.17) is 5.73 Å². The quantitative estimate of drug-likeness (QED) is 0.166. The Morgan fingerprint density at radius 2 is 1.20 bits per heavy atom. The number of nitrogens with two attached hydrogens (primary N) is 1. The molecule has 226 valence electrons. The molecule has 0 aliphatic carbocycles. The van der Waals surface area contributed by atoms with Gasteiger partial charge in [0.2, 0.25) is 5.13 Å². The zero-order valence-corrected chi connectivity index (χ0v) is 26.8. The highest BCUT2D eigenvalue weighted by molar-refractivity contribution is 7.22. The van der Waals surface area contributed by atoms with Crippen LogP contribution in [0.25, 0.3) is 42.2 Å². The van der Waals surface area contributed by atoms with Gasteiger partial charge in [0.1, 0.15) is 0 Å². The maximum atomic E-state index is 5.60. The first kappa shape index (κ1) is 29.7. The molecule has 4 aromatic heterocycles. The molecular weight excluding hydrogens is 603 g/mol. The summed E-state index contributed by atoms with van der Waals surface area (Å²) in [5.41, 5.74) is 12.6. The Morgan fingerprint density at radius 1 is 0.644 bits per heavy atom. The number of thiazole rings is 2. The van der Waals surface area contributed by atoms with E-state index < -0.39 is 0 Å². The highest BCUT2D eigenvalue weighted by Gasteiger charge is 2.06. The van der Waals surface area contributed by atoms with E-state index in [0.29, 0.717) is 10.3 Å². The molecule has 11 nitrogen and oxygen atoms in total. The fourth-order valence-electron chi connectivity index (χ4n) is 4.42. The van der Waals surface area contributed by atoms with Crippen LogP contribution in [0.2, 0.25) is 0 Å². The Labute approximate surface area is 267 Å². The van der Waals surface area contributed by atoms with Crippen molar-refractivity contribution < 1.29 is 0 Å². The summed E-state index contributed by atoms with van der Waals surface area (Å²) in [5, 5.41) is 25.8. The van der Waals surface area contributed by atoms with Crippen LogP contribution in [0.3, 0.4) is 0 Å². The number of benzene rings is 4. The number of hydrogen-bond donors (Lipinski definition) is 3. The second-order valence-corrected chi connectivity index (χ2v) is 12.5. The van der Waals surface area contributed by atoms with E-state index in [1.54, 1.807) is 6.20 Å². The number of aromatic nitrogens is 6. The first-order valence-corrected chi connectivity index (χ1v) is 15.6. The zero-order valence-electron chi connectivity index (χ0n) is 25.1. The molecule has 0 unspecified atom stereocenters. The van der Waals surface area contributed by atoms with Crippen molar-refractivity contribution in [1.82, 2.24) is 30.4 Å². The van der Waals surface area contributed by atoms with E-state index in [2.05, 4.69) is 63.7 Å². The van der Waals surface area contributed by atoms with Crippen LogP contribution in [0.4, 0.5) is 27.3 Å². The molecule has 0 saturated carbocycles. The molecule has 45 heavy (non-hydrogen) atoms. The topological polar surface area (TPSA) is 140 Å². The van der Waals surface area contributed by atoms with Crippen LogP contribution in [0, 0.1) is 0 Å². The van der Waals surface area contributed by atoms with Crippen LogP contribution in [0.1, 0.15) is 0 Å². The van der Waals surface area contributed by atoms with E-state index in [0.717, 1.165) is 53.6 Å². The number of nitrogens with zero attached hydrogens (tertiary/aromatic N) is 8. The van der Waals surface area contributed by atoms with E-state index >= 15 is 0 Å². The van der Waals surface area contributed by atoms with Crippen LogP contribution in [0.5, 0.6) is 0 Å². The van der Waals surface area contributed by atoms with Crippen LogP contribution in [-0.2, 0) is 0 Å². The first-order chi connectivity index (χ1) is 21.8. The second-order valence-electron chi connectivity index (χ2n) is 10.4. The van der Waals surface area contributed by atoms with Gasteiger partial charge < -0.3 is 15.5 Å². The summed E-state index contributed by atoms with van der Waals surface area (Å²) < 4.78 is 2.18. The minimum atomic E-state index is 0.607. The lowest BCUT2D eigenvalue weighted by Gasteiger charge is -2.11. The molecule has 0 aliphatic rings. The summed E-state index contributed by atoms with van der Waals surface area (Å²) in [5.74, 6) is 0. The van der Waals surface area contributed by atoms with E-state index in [1.807, 2.05) is 100.0 Å². The van der Waals surface area contributed by atoms with Crippen LogP contribution >= 0.6 is 22.7 Å². The molecule has 8 aromatic rings. The van der Waals surface area contributed by atoms with Gasteiger partial charge >= 0.3 is 0 Å². The summed E-state index contributed by atoms with van der Waals surface area (Å²) in [6.07, 6.45) is 3.60. The van der Waals surface area contributed by atoms with Gasteiger partial charge in [-0.05, 0) is 60.7 Å². The number of para-hydroxylation sites is 1. The van der Waals surface area contributed by atoms with Gasteiger partial charge in [-0.3, -0.25) is 10.2 Å². The van der Waals surface area contributed by atoms with Crippen molar-refractivity contribution in [3.05, 3.63) is 91.3 Å². The molecule has 0 saturated heterocycles. The molecule has 0 radical (unpaired) electrons. The predicted molar refractivity (Wildman–Crippen MR) is 189 cm³/mol. The van der Waals surface area contributed by atoms with Crippen molar-refractivity contribution in [3.63, 3.8) is 0 Å². The molecule has 4 aromatic carbocycles. The maximum absolute atomic E-state index is 5.60. The van der Waals surface area contributed by atoms with Crippen LogP contribution in [0.15, 0.2) is 101 Å². The molecule has 0 fully saturated rings. The van der Waals surface area contributed by atoms with Crippen molar-refractivity contribution in [2.24, 2.45) is 10.2 Å². The van der Waals surface area contributed by atoms with Crippen LogP contribution in [-0.4, -0.2) is 58.6 Å². The summed E-state index contributed by atoms with van der Waals surface area (Å²) in [7, 11) is 8.09. The standard InChI is InChI=1S/C16H14N6S.C8H6N4S.C8H11N/c1-22(2)12-5-3-11(4-6-12)19-21-16-18-14-8-13-10(9-17-20-13)7-15(14)23-16;9-8-11-6-2-5-4(3-10-12-5)1-7(6)13-8;1-9(2)8-6-4-3-5-7-8/h3-9H,1-2H3,(H,17,20);1-3H,(H2,9,11)(H,10,12);3-7H,1-2H3. The van der Waals surface area contributed by atoms with Gasteiger partial charge in [0.05, 0.1) is 49.5 Å². The van der Waals surface area contributed by atoms with Gasteiger partial charge in [-0.15, -0.1) is 10.2 Å². The number of aromatic amines is 2. The van der Waals surface area contributed by atoms with E-state index in [-0.39, 0.29) is 0 Å². The molecule has 0 bridgehead atoms. The fourth-order valence-corrected chi connectivity index (χ4v) is 6.00. The first-order valence-electron chi connectivity index (χ1n) is 14.0. The molecular formula is C32H31N11S2. The lowest BCUT2D eigenvalue weighted by molar-refractivity contribution is 1.12. The monoisotopic (exact) mass is 633 g/mol. The Hall–Kier alpha value is -5.40. The molecule has 0 amide bonds. The Morgan fingerprint density at radius 3 is 1.78 bits per heavy atom. The molecule has 4 heterocycles. The molecule has 13 heteroatoms.